The Hall–Kier alpha value is -4.03. The van der Waals surface area contributed by atoms with Crippen molar-refractivity contribution < 1.29 is 14.0 Å². The lowest BCUT2D eigenvalue weighted by atomic mass is 9.76. The summed E-state index contributed by atoms with van der Waals surface area (Å²) >= 11 is 0. The van der Waals surface area contributed by atoms with Crippen LogP contribution in [-0.2, 0) is 15.0 Å². The molecule has 2 aliphatic rings. The standard InChI is InChI=1S/C40H48FN3O2/c1-27(31-19-20-34(35(41)23-31)40(6)21-11-8-12-22-40)36(45)42-26-33(30-17-15-29(16-18-30)28-13-9-7-10-14-28)37(46)43-32-24-38(2,3)44-39(4,5)25-32/h7-21,23,27,32-33,44H,22,24-26H2,1-6H3,(H,42,45)(H,43,46). The molecule has 0 saturated carbocycles. The molecular weight excluding hydrogens is 573 g/mol. The van der Waals surface area contributed by atoms with Crippen molar-refractivity contribution in [3.05, 3.63) is 120 Å². The van der Waals surface area contributed by atoms with Crippen LogP contribution in [0.4, 0.5) is 4.39 Å². The molecule has 3 aromatic carbocycles. The van der Waals surface area contributed by atoms with E-state index in [1.165, 1.54) is 6.07 Å². The first kappa shape index (κ1) is 33.3. The van der Waals surface area contributed by atoms with Gasteiger partial charge in [-0.1, -0.05) is 98.0 Å². The van der Waals surface area contributed by atoms with Crippen molar-refractivity contribution in [3.8, 4) is 11.1 Å². The number of carbonyl (C=O) groups is 2. The molecule has 3 unspecified atom stereocenters. The third kappa shape index (κ3) is 7.84. The molecule has 0 radical (unpaired) electrons. The first-order valence-electron chi connectivity index (χ1n) is 16.4. The van der Waals surface area contributed by atoms with E-state index < -0.39 is 17.3 Å². The van der Waals surface area contributed by atoms with Gasteiger partial charge in [0.15, 0.2) is 0 Å². The van der Waals surface area contributed by atoms with Gasteiger partial charge < -0.3 is 16.0 Å². The fourth-order valence-electron chi connectivity index (χ4n) is 7.32. The van der Waals surface area contributed by atoms with E-state index >= 15 is 4.39 Å². The van der Waals surface area contributed by atoms with E-state index in [2.05, 4.69) is 55.8 Å². The van der Waals surface area contributed by atoms with Crippen molar-refractivity contribution in [3.63, 3.8) is 0 Å². The molecule has 1 heterocycles. The minimum absolute atomic E-state index is 0.00249. The van der Waals surface area contributed by atoms with Crippen LogP contribution >= 0.6 is 0 Å². The summed E-state index contributed by atoms with van der Waals surface area (Å²) in [6.45, 7) is 12.6. The highest BCUT2D eigenvalue weighted by molar-refractivity contribution is 5.87. The Balaban J connectivity index is 1.33. The molecule has 3 aromatic rings. The first-order valence-corrected chi connectivity index (χ1v) is 16.4. The lowest BCUT2D eigenvalue weighted by Crippen LogP contribution is -2.62. The quantitative estimate of drug-likeness (QED) is 0.229. The van der Waals surface area contributed by atoms with Gasteiger partial charge in [-0.25, -0.2) is 4.39 Å². The number of amides is 2. The highest BCUT2D eigenvalue weighted by atomic mass is 19.1. The largest absolute Gasteiger partial charge is 0.354 e. The van der Waals surface area contributed by atoms with Crippen LogP contribution in [0.15, 0.2) is 97.1 Å². The van der Waals surface area contributed by atoms with E-state index in [-0.39, 0.29) is 41.3 Å². The molecule has 3 atom stereocenters. The van der Waals surface area contributed by atoms with Crippen molar-refractivity contribution in [2.45, 2.75) is 95.2 Å². The van der Waals surface area contributed by atoms with Gasteiger partial charge in [0.05, 0.1) is 11.8 Å². The van der Waals surface area contributed by atoms with Gasteiger partial charge in [0.2, 0.25) is 11.8 Å². The van der Waals surface area contributed by atoms with E-state index in [0.717, 1.165) is 36.0 Å². The summed E-state index contributed by atoms with van der Waals surface area (Å²) in [5.74, 6) is -1.86. The number of benzene rings is 3. The predicted octanol–water partition coefficient (Wildman–Crippen LogP) is 7.70. The Bertz CT molecular complexity index is 1590. The summed E-state index contributed by atoms with van der Waals surface area (Å²) < 4.78 is 15.4. The van der Waals surface area contributed by atoms with Crippen LogP contribution in [0.2, 0.25) is 0 Å². The summed E-state index contributed by atoms with van der Waals surface area (Å²) in [5.41, 5.74) is 3.54. The van der Waals surface area contributed by atoms with E-state index in [1.807, 2.05) is 79.8 Å². The van der Waals surface area contributed by atoms with Crippen LogP contribution in [-0.4, -0.2) is 35.5 Å². The van der Waals surface area contributed by atoms with Crippen LogP contribution < -0.4 is 16.0 Å². The number of piperidine rings is 1. The normalized spacial score (nSPS) is 21.7. The topological polar surface area (TPSA) is 70.2 Å². The van der Waals surface area contributed by atoms with Gasteiger partial charge in [0.25, 0.3) is 0 Å². The Morgan fingerprint density at radius 2 is 1.48 bits per heavy atom. The van der Waals surface area contributed by atoms with E-state index in [9.17, 15) is 9.59 Å². The summed E-state index contributed by atoms with van der Waals surface area (Å²) in [6.07, 6.45) is 10.3. The fourth-order valence-corrected chi connectivity index (χ4v) is 7.32. The van der Waals surface area contributed by atoms with Gasteiger partial charge in [-0.3, -0.25) is 9.59 Å². The fraction of sp³-hybridized carbons (Fsp3) is 0.400. The second kappa shape index (κ2) is 13.4. The Labute approximate surface area is 273 Å². The molecule has 1 fully saturated rings. The molecule has 6 heteroatoms. The molecule has 0 spiro atoms. The minimum Gasteiger partial charge on any atom is -0.354 e. The van der Waals surface area contributed by atoms with E-state index in [4.69, 9.17) is 0 Å². The molecule has 3 N–H and O–H groups in total. The lowest BCUT2D eigenvalue weighted by Gasteiger charge is -2.46. The summed E-state index contributed by atoms with van der Waals surface area (Å²) in [7, 11) is 0. The molecule has 0 aromatic heterocycles. The molecule has 46 heavy (non-hydrogen) atoms. The van der Waals surface area contributed by atoms with Crippen molar-refractivity contribution >= 4 is 11.8 Å². The monoisotopic (exact) mass is 621 g/mol. The number of hydrogen-bond donors (Lipinski definition) is 3. The minimum atomic E-state index is -0.590. The highest BCUT2D eigenvalue weighted by Gasteiger charge is 2.39. The van der Waals surface area contributed by atoms with Gasteiger partial charge in [-0.05, 0) is 87.8 Å². The summed E-state index contributed by atoms with van der Waals surface area (Å²) in [6, 6.07) is 23.2. The molecule has 1 aliphatic carbocycles. The maximum atomic E-state index is 15.4. The molecule has 1 saturated heterocycles. The number of allylic oxidation sites excluding steroid dienone is 4. The van der Waals surface area contributed by atoms with Gasteiger partial charge >= 0.3 is 0 Å². The molecule has 1 aliphatic heterocycles. The number of nitrogens with one attached hydrogen (secondary N) is 3. The zero-order chi connectivity index (χ0) is 33.1. The number of hydrogen-bond acceptors (Lipinski definition) is 3. The molecule has 2 amide bonds. The van der Waals surface area contributed by atoms with Crippen LogP contribution in [0.25, 0.3) is 11.1 Å². The van der Waals surface area contributed by atoms with Crippen molar-refractivity contribution in [2.75, 3.05) is 6.54 Å². The van der Waals surface area contributed by atoms with Crippen molar-refractivity contribution in [2.24, 2.45) is 0 Å². The number of halogens is 1. The molecular formula is C40H48FN3O2. The van der Waals surface area contributed by atoms with Crippen LogP contribution in [0.3, 0.4) is 0 Å². The van der Waals surface area contributed by atoms with Crippen molar-refractivity contribution in [1.29, 1.82) is 0 Å². The van der Waals surface area contributed by atoms with E-state index in [1.54, 1.807) is 13.0 Å². The van der Waals surface area contributed by atoms with Crippen LogP contribution in [0.1, 0.15) is 89.3 Å². The number of rotatable bonds is 9. The highest BCUT2D eigenvalue weighted by Crippen LogP contribution is 2.35. The maximum absolute atomic E-state index is 15.4. The average molecular weight is 622 g/mol. The Kier molecular flexibility index (Phi) is 9.69. The SMILES string of the molecule is CC(C(=O)NCC(C(=O)NC1CC(C)(C)NC(C)(C)C1)c1ccc(-c2ccccc2)cc1)c1ccc(C2(C)C=CC=CC2)c(F)c1. The second-order valence-corrected chi connectivity index (χ2v) is 14.7. The second-order valence-electron chi connectivity index (χ2n) is 14.7. The Morgan fingerprint density at radius 3 is 2.09 bits per heavy atom. The average Bonchev–Trinajstić information content (AvgIpc) is 3.00. The van der Waals surface area contributed by atoms with E-state index in [0.29, 0.717) is 11.1 Å². The third-order valence-electron chi connectivity index (χ3n) is 9.51. The van der Waals surface area contributed by atoms with Crippen molar-refractivity contribution in [1.82, 2.24) is 16.0 Å². The molecule has 0 bridgehead atoms. The van der Waals surface area contributed by atoms with Gasteiger partial charge in [0.1, 0.15) is 5.82 Å². The molecule has 242 valence electrons. The number of carbonyl (C=O) groups excluding carboxylic acids is 2. The van der Waals surface area contributed by atoms with Gasteiger partial charge in [0, 0.05) is 29.1 Å². The predicted molar refractivity (Wildman–Crippen MR) is 185 cm³/mol. The maximum Gasteiger partial charge on any atom is 0.229 e. The first-order chi connectivity index (χ1) is 21.8. The summed E-state index contributed by atoms with van der Waals surface area (Å²) in [5, 5.41) is 10.0. The van der Waals surface area contributed by atoms with Gasteiger partial charge in [-0.15, -0.1) is 0 Å². The Morgan fingerprint density at radius 1 is 0.848 bits per heavy atom. The molecule has 5 rings (SSSR count). The summed E-state index contributed by atoms with van der Waals surface area (Å²) in [4.78, 5) is 27.4. The van der Waals surface area contributed by atoms with Crippen LogP contribution in [0.5, 0.6) is 0 Å². The lowest BCUT2D eigenvalue weighted by molar-refractivity contribution is -0.124. The zero-order valence-electron chi connectivity index (χ0n) is 28.0. The zero-order valence-corrected chi connectivity index (χ0v) is 28.0. The smallest absolute Gasteiger partial charge is 0.229 e. The van der Waals surface area contributed by atoms with Crippen LogP contribution in [0, 0.1) is 5.82 Å². The molecule has 5 nitrogen and oxygen atoms in total. The third-order valence-corrected chi connectivity index (χ3v) is 9.51. The van der Waals surface area contributed by atoms with Gasteiger partial charge in [-0.2, -0.15) is 0 Å².